The van der Waals surface area contributed by atoms with Gasteiger partial charge in [0.25, 0.3) is 0 Å². The molecule has 2 aromatic heterocycles. The van der Waals surface area contributed by atoms with E-state index in [1.54, 1.807) is 17.5 Å². The van der Waals surface area contributed by atoms with Crippen molar-refractivity contribution in [1.29, 1.82) is 0 Å². The largest absolute Gasteiger partial charge is 0.486 e. The van der Waals surface area contributed by atoms with E-state index in [0.717, 1.165) is 18.1 Å². The molecular weight excluding hydrogens is 306 g/mol. The van der Waals surface area contributed by atoms with Gasteiger partial charge in [-0.2, -0.15) is 11.3 Å². The molecule has 1 atom stereocenters. The Bertz CT molecular complexity index is 719. The highest BCUT2D eigenvalue weighted by Crippen LogP contribution is 2.19. The van der Waals surface area contributed by atoms with Crippen molar-refractivity contribution in [2.24, 2.45) is 7.05 Å². The number of ether oxygens (including phenoxy) is 1. The molecular formula is C18H21N3OS. The second-order valence-electron chi connectivity index (χ2n) is 5.55. The number of thiophene rings is 1. The first-order valence-corrected chi connectivity index (χ1v) is 8.60. The lowest BCUT2D eigenvalue weighted by Gasteiger charge is -2.14. The van der Waals surface area contributed by atoms with E-state index in [9.17, 15) is 0 Å². The zero-order valence-corrected chi connectivity index (χ0v) is 14.2. The number of aromatic nitrogens is 2. The fraction of sp³-hybridized carbons (Fsp3) is 0.278. The summed E-state index contributed by atoms with van der Waals surface area (Å²) >= 11 is 1.73. The lowest BCUT2D eigenvalue weighted by atomic mass is 10.1. The van der Waals surface area contributed by atoms with Gasteiger partial charge >= 0.3 is 0 Å². The Hall–Kier alpha value is -2.11. The zero-order valence-electron chi connectivity index (χ0n) is 13.4. The van der Waals surface area contributed by atoms with E-state index in [1.807, 2.05) is 29.9 Å². The predicted molar refractivity (Wildman–Crippen MR) is 93.6 cm³/mol. The van der Waals surface area contributed by atoms with E-state index in [-0.39, 0.29) is 0 Å². The minimum absolute atomic E-state index is 0.304. The Kier molecular flexibility index (Phi) is 5.10. The Labute approximate surface area is 140 Å². The summed E-state index contributed by atoms with van der Waals surface area (Å²) in [6.45, 7) is 3.55. The topological polar surface area (TPSA) is 39.1 Å². The molecule has 0 saturated carbocycles. The molecule has 1 unspecified atom stereocenters. The van der Waals surface area contributed by atoms with Crippen LogP contribution < -0.4 is 10.1 Å². The molecule has 0 saturated heterocycles. The van der Waals surface area contributed by atoms with Gasteiger partial charge in [-0.05, 0) is 47.0 Å². The van der Waals surface area contributed by atoms with Crippen LogP contribution >= 0.6 is 11.3 Å². The third kappa shape index (κ3) is 4.21. The molecule has 1 aromatic carbocycles. The molecule has 0 spiro atoms. The normalized spacial score (nSPS) is 12.3. The van der Waals surface area contributed by atoms with Crippen LogP contribution in [0.3, 0.4) is 0 Å². The van der Waals surface area contributed by atoms with E-state index in [1.165, 1.54) is 11.1 Å². The maximum Gasteiger partial charge on any atom is 0.146 e. The number of rotatable bonds is 7. The molecule has 0 radical (unpaired) electrons. The molecule has 5 heteroatoms. The highest BCUT2D eigenvalue weighted by Gasteiger charge is 2.06. The summed E-state index contributed by atoms with van der Waals surface area (Å²) in [6, 6.07) is 10.7. The number of aryl methyl sites for hydroxylation is 1. The summed E-state index contributed by atoms with van der Waals surface area (Å²) in [7, 11) is 1.97. The van der Waals surface area contributed by atoms with Gasteiger partial charge in [-0.25, -0.2) is 4.98 Å². The van der Waals surface area contributed by atoms with Gasteiger partial charge in [0.1, 0.15) is 18.2 Å². The Morgan fingerprint density at radius 2 is 2.09 bits per heavy atom. The number of nitrogens with one attached hydrogen (secondary N) is 1. The molecule has 0 aliphatic heterocycles. The van der Waals surface area contributed by atoms with Crippen LogP contribution in [0.25, 0.3) is 0 Å². The van der Waals surface area contributed by atoms with Crippen molar-refractivity contribution in [3.8, 4) is 5.75 Å². The van der Waals surface area contributed by atoms with Crippen molar-refractivity contribution < 1.29 is 4.74 Å². The first kappa shape index (κ1) is 15.8. The second kappa shape index (κ2) is 7.44. The molecule has 3 rings (SSSR count). The molecule has 0 amide bonds. The van der Waals surface area contributed by atoms with Crippen LogP contribution in [0.5, 0.6) is 5.75 Å². The number of imidazole rings is 1. The van der Waals surface area contributed by atoms with Crippen LogP contribution in [0, 0.1) is 0 Å². The summed E-state index contributed by atoms with van der Waals surface area (Å²) in [4.78, 5) is 4.25. The molecule has 0 bridgehead atoms. The number of hydrogen-bond donors (Lipinski definition) is 1. The average molecular weight is 327 g/mol. The minimum Gasteiger partial charge on any atom is -0.486 e. The number of hydrogen-bond acceptors (Lipinski definition) is 4. The monoisotopic (exact) mass is 327 g/mol. The summed E-state index contributed by atoms with van der Waals surface area (Å²) in [6.07, 6.45) is 3.70. The van der Waals surface area contributed by atoms with Crippen molar-refractivity contribution in [2.45, 2.75) is 26.1 Å². The Morgan fingerprint density at radius 1 is 1.26 bits per heavy atom. The third-order valence-electron chi connectivity index (χ3n) is 3.86. The molecule has 0 fully saturated rings. The van der Waals surface area contributed by atoms with Crippen LogP contribution in [0.2, 0.25) is 0 Å². The van der Waals surface area contributed by atoms with E-state index in [0.29, 0.717) is 12.6 Å². The van der Waals surface area contributed by atoms with E-state index in [2.05, 4.69) is 46.2 Å². The van der Waals surface area contributed by atoms with Crippen molar-refractivity contribution in [1.82, 2.24) is 14.9 Å². The number of nitrogens with zero attached hydrogens (tertiary/aromatic N) is 2. The van der Waals surface area contributed by atoms with Crippen LogP contribution in [0.4, 0.5) is 0 Å². The van der Waals surface area contributed by atoms with Gasteiger partial charge in [-0.1, -0.05) is 12.1 Å². The highest BCUT2D eigenvalue weighted by molar-refractivity contribution is 7.07. The second-order valence-corrected chi connectivity index (χ2v) is 6.33. The van der Waals surface area contributed by atoms with Crippen molar-refractivity contribution in [3.63, 3.8) is 0 Å². The maximum absolute atomic E-state index is 5.78. The van der Waals surface area contributed by atoms with Gasteiger partial charge in [-0.3, -0.25) is 0 Å². The van der Waals surface area contributed by atoms with Gasteiger partial charge < -0.3 is 14.6 Å². The van der Waals surface area contributed by atoms with Gasteiger partial charge in [0, 0.05) is 32.0 Å². The summed E-state index contributed by atoms with van der Waals surface area (Å²) in [5, 5.41) is 7.82. The fourth-order valence-electron chi connectivity index (χ4n) is 2.32. The summed E-state index contributed by atoms with van der Waals surface area (Å²) < 4.78 is 7.75. The zero-order chi connectivity index (χ0) is 16.1. The van der Waals surface area contributed by atoms with Crippen LogP contribution in [-0.4, -0.2) is 9.55 Å². The lowest BCUT2D eigenvalue weighted by molar-refractivity contribution is 0.291. The molecule has 0 aliphatic carbocycles. The molecule has 23 heavy (non-hydrogen) atoms. The maximum atomic E-state index is 5.78. The van der Waals surface area contributed by atoms with Gasteiger partial charge in [0.15, 0.2) is 0 Å². The smallest absolute Gasteiger partial charge is 0.146 e. The van der Waals surface area contributed by atoms with Gasteiger partial charge in [0.2, 0.25) is 0 Å². The SMILES string of the molecule is CC(NCc1ccsc1)c1ccc(OCc2nccn2C)cc1. The molecule has 2 heterocycles. The first-order chi connectivity index (χ1) is 11.2. The Morgan fingerprint density at radius 3 is 2.74 bits per heavy atom. The standard InChI is InChI=1S/C18H21N3OS/c1-14(20-11-15-7-10-23-13-15)16-3-5-17(6-4-16)22-12-18-19-8-9-21(18)2/h3-10,13-14,20H,11-12H2,1-2H3. The van der Waals surface area contributed by atoms with Gasteiger partial charge in [-0.15, -0.1) is 0 Å². The third-order valence-corrected chi connectivity index (χ3v) is 4.59. The van der Waals surface area contributed by atoms with E-state index < -0.39 is 0 Å². The highest BCUT2D eigenvalue weighted by atomic mass is 32.1. The summed E-state index contributed by atoms with van der Waals surface area (Å²) in [5.41, 5.74) is 2.58. The Balaban J connectivity index is 1.52. The molecule has 0 aliphatic rings. The van der Waals surface area contributed by atoms with Crippen molar-refractivity contribution in [2.75, 3.05) is 0 Å². The first-order valence-electron chi connectivity index (χ1n) is 7.66. The van der Waals surface area contributed by atoms with Crippen molar-refractivity contribution in [3.05, 3.63) is 70.4 Å². The average Bonchev–Trinajstić information content (AvgIpc) is 3.23. The quantitative estimate of drug-likeness (QED) is 0.715. The van der Waals surface area contributed by atoms with Gasteiger partial charge in [0.05, 0.1) is 0 Å². The van der Waals surface area contributed by atoms with Crippen molar-refractivity contribution >= 4 is 11.3 Å². The lowest BCUT2D eigenvalue weighted by Crippen LogP contribution is -2.17. The van der Waals surface area contributed by atoms with E-state index in [4.69, 9.17) is 4.74 Å². The predicted octanol–water partition coefficient (Wildman–Crippen LogP) is 3.91. The summed E-state index contributed by atoms with van der Waals surface area (Å²) in [5.74, 6) is 1.78. The molecule has 3 aromatic rings. The number of benzene rings is 1. The van der Waals surface area contributed by atoms with Crippen LogP contribution in [-0.2, 0) is 20.2 Å². The molecule has 1 N–H and O–H groups in total. The fourth-order valence-corrected chi connectivity index (χ4v) is 2.99. The minimum atomic E-state index is 0.304. The van der Waals surface area contributed by atoms with Crippen LogP contribution in [0.1, 0.15) is 29.9 Å². The van der Waals surface area contributed by atoms with E-state index >= 15 is 0 Å². The molecule has 120 valence electrons. The van der Waals surface area contributed by atoms with Crippen LogP contribution in [0.15, 0.2) is 53.5 Å². The molecule has 4 nitrogen and oxygen atoms in total.